The summed E-state index contributed by atoms with van der Waals surface area (Å²) in [7, 11) is 0. The molecule has 2 rings (SSSR count). The van der Waals surface area contributed by atoms with E-state index in [-0.39, 0.29) is 10.8 Å². The Hall–Kier alpha value is -0.640. The molecule has 1 aliphatic rings. The van der Waals surface area contributed by atoms with Crippen molar-refractivity contribution in [2.45, 2.75) is 52.2 Å². The number of nitrogens with one attached hydrogen (secondary N) is 1. The van der Waals surface area contributed by atoms with Crippen molar-refractivity contribution in [2.75, 3.05) is 13.1 Å². The van der Waals surface area contributed by atoms with Crippen LogP contribution in [0.15, 0.2) is 18.2 Å². The van der Waals surface area contributed by atoms with Gasteiger partial charge in [0.05, 0.1) is 5.02 Å². The zero-order chi connectivity index (χ0) is 15.4. The number of nitrogens with zero attached hydrogens (tertiary/aromatic N) is 1. The van der Waals surface area contributed by atoms with Crippen molar-refractivity contribution < 1.29 is 4.39 Å². The lowest BCUT2D eigenvalue weighted by atomic mass is 9.97. The Balaban J connectivity index is 2.13. The van der Waals surface area contributed by atoms with Crippen LogP contribution in [0.2, 0.25) is 5.02 Å². The number of benzene rings is 1. The first-order valence-electron chi connectivity index (χ1n) is 7.93. The molecule has 0 saturated carbocycles. The van der Waals surface area contributed by atoms with Crippen molar-refractivity contribution in [3.8, 4) is 0 Å². The van der Waals surface area contributed by atoms with Gasteiger partial charge in [0.1, 0.15) is 5.82 Å². The van der Waals surface area contributed by atoms with Gasteiger partial charge < -0.3 is 5.32 Å². The predicted octanol–water partition coefficient (Wildman–Crippen LogP) is 4.08. The molecule has 0 bridgehead atoms. The highest BCUT2D eigenvalue weighted by atomic mass is 35.5. The van der Waals surface area contributed by atoms with Crippen LogP contribution in [0.4, 0.5) is 4.39 Å². The lowest BCUT2D eigenvalue weighted by Gasteiger charge is -2.42. The van der Waals surface area contributed by atoms with Crippen LogP contribution in [-0.4, -0.2) is 30.1 Å². The fourth-order valence-corrected chi connectivity index (χ4v) is 3.22. The standard InChI is InChI=1S/C17H26ClFN2/c1-4-6-14-9-20-16(12(2)3)11-21(14)10-13-7-5-8-15(18)17(13)19/h5,7-8,12,14,16,20H,4,6,9-11H2,1-3H3. The lowest BCUT2D eigenvalue weighted by Crippen LogP contribution is -2.57. The Kier molecular flexibility index (Phi) is 6.03. The van der Waals surface area contributed by atoms with Crippen molar-refractivity contribution in [3.63, 3.8) is 0 Å². The molecule has 2 nitrogen and oxygen atoms in total. The van der Waals surface area contributed by atoms with Crippen LogP contribution < -0.4 is 5.32 Å². The Labute approximate surface area is 132 Å². The summed E-state index contributed by atoms with van der Waals surface area (Å²) in [6.45, 7) is 9.26. The maximum atomic E-state index is 14.2. The number of hydrogen-bond donors (Lipinski definition) is 1. The molecule has 2 unspecified atom stereocenters. The maximum Gasteiger partial charge on any atom is 0.146 e. The van der Waals surface area contributed by atoms with E-state index in [9.17, 15) is 4.39 Å². The lowest BCUT2D eigenvalue weighted by molar-refractivity contribution is 0.0986. The Morgan fingerprint density at radius 1 is 1.43 bits per heavy atom. The van der Waals surface area contributed by atoms with Gasteiger partial charge in [-0.05, 0) is 18.4 Å². The number of rotatable bonds is 5. The second-order valence-corrected chi connectivity index (χ2v) is 6.75. The third-order valence-electron chi connectivity index (χ3n) is 4.39. The summed E-state index contributed by atoms with van der Waals surface area (Å²) >= 11 is 5.90. The maximum absolute atomic E-state index is 14.2. The largest absolute Gasteiger partial charge is 0.311 e. The summed E-state index contributed by atoms with van der Waals surface area (Å²) < 4.78 is 14.2. The van der Waals surface area contributed by atoms with Gasteiger partial charge >= 0.3 is 0 Å². The summed E-state index contributed by atoms with van der Waals surface area (Å²) in [6.07, 6.45) is 2.28. The van der Waals surface area contributed by atoms with Crippen molar-refractivity contribution >= 4 is 11.6 Å². The molecular formula is C17H26ClFN2. The molecule has 0 radical (unpaired) electrons. The molecule has 118 valence electrons. The first-order valence-corrected chi connectivity index (χ1v) is 8.31. The van der Waals surface area contributed by atoms with Gasteiger partial charge in [-0.25, -0.2) is 4.39 Å². The SMILES string of the molecule is CCCC1CNC(C(C)C)CN1Cc1cccc(Cl)c1F. The molecule has 21 heavy (non-hydrogen) atoms. The van der Waals surface area contributed by atoms with Crippen LogP contribution in [0.5, 0.6) is 0 Å². The van der Waals surface area contributed by atoms with Crippen molar-refractivity contribution in [3.05, 3.63) is 34.6 Å². The van der Waals surface area contributed by atoms with Gasteiger partial charge in [-0.2, -0.15) is 0 Å². The van der Waals surface area contributed by atoms with Crippen LogP contribution in [0.3, 0.4) is 0 Å². The molecule has 1 N–H and O–H groups in total. The van der Waals surface area contributed by atoms with Crippen LogP contribution >= 0.6 is 11.6 Å². The highest BCUT2D eigenvalue weighted by Crippen LogP contribution is 2.23. The van der Waals surface area contributed by atoms with Gasteiger partial charge in [0.25, 0.3) is 0 Å². The van der Waals surface area contributed by atoms with Gasteiger partial charge in [0.15, 0.2) is 0 Å². The zero-order valence-corrected chi connectivity index (χ0v) is 14.0. The minimum absolute atomic E-state index is 0.218. The average Bonchev–Trinajstić information content (AvgIpc) is 2.45. The molecule has 1 saturated heterocycles. The van der Waals surface area contributed by atoms with E-state index in [4.69, 9.17) is 11.6 Å². The summed E-state index contributed by atoms with van der Waals surface area (Å²) in [5, 5.41) is 3.85. The van der Waals surface area contributed by atoms with E-state index in [1.54, 1.807) is 6.07 Å². The van der Waals surface area contributed by atoms with E-state index in [2.05, 4.69) is 31.0 Å². The van der Waals surface area contributed by atoms with Crippen LogP contribution in [-0.2, 0) is 6.54 Å². The fraction of sp³-hybridized carbons (Fsp3) is 0.647. The summed E-state index contributed by atoms with van der Waals surface area (Å²) in [6, 6.07) is 6.23. The minimum Gasteiger partial charge on any atom is -0.311 e. The molecular weight excluding hydrogens is 287 g/mol. The summed E-state index contributed by atoms with van der Waals surface area (Å²) in [5.74, 6) is 0.313. The van der Waals surface area contributed by atoms with Gasteiger partial charge in [0.2, 0.25) is 0 Å². The third-order valence-corrected chi connectivity index (χ3v) is 4.69. The normalized spacial score (nSPS) is 23.7. The van der Waals surface area contributed by atoms with Crippen molar-refractivity contribution in [2.24, 2.45) is 5.92 Å². The quantitative estimate of drug-likeness (QED) is 0.881. The Bertz CT molecular complexity index is 464. The van der Waals surface area contributed by atoms with Gasteiger partial charge in [-0.3, -0.25) is 4.90 Å². The molecule has 1 heterocycles. The molecule has 1 aromatic rings. The highest BCUT2D eigenvalue weighted by molar-refractivity contribution is 6.30. The second-order valence-electron chi connectivity index (χ2n) is 6.34. The first-order chi connectivity index (χ1) is 10.0. The molecule has 0 spiro atoms. The molecule has 2 atom stereocenters. The molecule has 1 aromatic carbocycles. The first kappa shape index (κ1) is 16.7. The van der Waals surface area contributed by atoms with Crippen molar-refractivity contribution in [1.82, 2.24) is 10.2 Å². The molecule has 0 aliphatic carbocycles. The van der Waals surface area contributed by atoms with E-state index in [0.717, 1.165) is 25.9 Å². The van der Waals surface area contributed by atoms with Crippen LogP contribution in [0, 0.1) is 11.7 Å². The molecule has 1 aliphatic heterocycles. The van der Waals surface area contributed by atoms with Crippen molar-refractivity contribution in [1.29, 1.82) is 0 Å². The average molecular weight is 313 g/mol. The third kappa shape index (κ3) is 4.18. The monoisotopic (exact) mass is 312 g/mol. The van der Waals surface area contributed by atoms with Gasteiger partial charge in [0, 0.05) is 37.3 Å². The molecule has 0 aromatic heterocycles. The molecule has 4 heteroatoms. The van der Waals surface area contributed by atoms with E-state index in [0.29, 0.717) is 30.1 Å². The smallest absolute Gasteiger partial charge is 0.146 e. The second kappa shape index (κ2) is 7.57. The molecule has 0 amide bonds. The predicted molar refractivity (Wildman–Crippen MR) is 87.1 cm³/mol. The van der Waals surface area contributed by atoms with Crippen LogP contribution in [0.1, 0.15) is 39.2 Å². The highest BCUT2D eigenvalue weighted by Gasteiger charge is 2.29. The van der Waals surface area contributed by atoms with Gasteiger partial charge in [-0.15, -0.1) is 0 Å². The van der Waals surface area contributed by atoms with E-state index >= 15 is 0 Å². The van der Waals surface area contributed by atoms with E-state index in [1.165, 1.54) is 0 Å². The fourth-order valence-electron chi connectivity index (χ4n) is 3.03. The Morgan fingerprint density at radius 2 is 2.19 bits per heavy atom. The van der Waals surface area contributed by atoms with Crippen LogP contribution in [0.25, 0.3) is 0 Å². The number of piperazine rings is 1. The van der Waals surface area contributed by atoms with E-state index < -0.39 is 0 Å². The van der Waals surface area contributed by atoms with E-state index in [1.807, 2.05) is 12.1 Å². The van der Waals surface area contributed by atoms with Gasteiger partial charge in [-0.1, -0.05) is 50.9 Å². The minimum atomic E-state index is -0.269. The number of hydrogen-bond acceptors (Lipinski definition) is 2. The topological polar surface area (TPSA) is 15.3 Å². The number of halogens is 2. The Morgan fingerprint density at radius 3 is 2.86 bits per heavy atom. The molecule has 1 fully saturated rings. The summed E-state index contributed by atoms with van der Waals surface area (Å²) in [5.41, 5.74) is 0.702. The zero-order valence-electron chi connectivity index (χ0n) is 13.2. The summed E-state index contributed by atoms with van der Waals surface area (Å²) in [4.78, 5) is 2.42.